The van der Waals surface area contributed by atoms with Crippen molar-refractivity contribution in [2.75, 3.05) is 6.61 Å². The molecule has 0 radical (unpaired) electrons. The number of rotatable bonds is 5. The summed E-state index contributed by atoms with van der Waals surface area (Å²) < 4.78 is 14.4. The van der Waals surface area contributed by atoms with Crippen LogP contribution in [0, 0.1) is 5.92 Å². The molecule has 8 heteroatoms. The number of nitrogens with zero attached hydrogens (tertiary/aromatic N) is 5. The number of ether oxygens (including phenoxy) is 1. The SMILES string of the molecule is CCn1c([C@H]2OCC[C@H]2C)nn(Cc2nnc(C(C)C)o2)c1=O. The van der Waals surface area contributed by atoms with Crippen LogP contribution in [0.1, 0.15) is 63.7 Å². The molecule has 1 aliphatic heterocycles. The van der Waals surface area contributed by atoms with Crippen LogP contribution < -0.4 is 5.69 Å². The zero-order chi connectivity index (χ0) is 16.6. The maximum Gasteiger partial charge on any atom is 0.346 e. The van der Waals surface area contributed by atoms with Crippen LogP contribution in [0.5, 0.6) is 0 Å². The quantitative estimate of drug-likeness (QED) is 0.833. The standard InChI is InChI=1S/C15H23N5O3/c1-5-19-13(12-10(4)6-7-22-12)18-20(15(19)21)8-11-16-17-14(23-11)9(2)3/h9-10,12H,5-8H2,1-4H3/t10-,12+/m1/s1. The Balaban J connectivity index is 1.90. The van der Waals surface area contributed by atoms with E-state index < -0.39 is 0 Å². The predicted molar refractivity (Wildman–Crippen MR) is 82.1 cm³/mol. The predicted octanol–water partition coefficient (Wildman–Crippen LogP) is 1.72. The van der Waals surface area contributed by atoms with E-state index in [1.165, 1.54) is 4.68 Å². The first-order chi connectivity index (χ1) is 11.0. The van der Waals surface area contributed by atoms with Gasteiger partial charge in [0.2, 0.25) is 11.8 Å². The van der Waals surface area contributed by atoms with Crippen molar-refractivity contribution in [3.05, 3.63) is 28.1 Å². The van der Waals surface area contributed by atoms with Gasteiger partial charge in [0.05, 0.1) is 0 Å². The van der Waals surface area contributed by atoms with E-state index in [0.29, 0.717) is 36.7 Å². The van der Waals surface area contributed by atoms with Gasteiger partial charge in [-0.25, -0.2) is 9.48 Å². The molecule has 23 heavy (non-hydrogen) atoms. The molecule has 2 aromatic rings. The molecule has 0 aromatic carbocycles. The molecule has 0 amide bonds. The summed E-state index contributed by atoms with van der Waals surface area (Å²) in [4.78, 5) is 12.5. The monoisotopic (exact) mass is 321 g/mol. The zero-order valence-corrected chi connectivity index (χ0v) is 14.0. The summed E-state index contributed by atoms with van der Waals surface area (Å²) >= 11 is 0. The highest BCUT2D eigenvalue weighted by molar-refractivity contribution is 4.98. The molecule has 2 aromatic heterocycles. The molecule has 1 fully saturated rings. The van der Waals surface area contributed by atoms with Crippen LogP contribution >= 0.6 is 0 Å². The summed E-state index contributed by atoms with van der Waals surface area (Å²) in [7, 11) is 0. The minimum absolute atomic E-state index is 0.127. The van der Waals surface area contributed by atoms with E-state index in [9.17, 15) is 4.79 Å². The summed E-state index contributed by atoms with van der Waals surface area (Å²) in [6.45, 7) is 9.45. The van der Waals surface area contributed by atoms with Crippen molar-refractivity contribution in [3.8, 4) is 0 Å². The molecule has 0 unspecified atom stereocenters. The van der Waals surface area contributed by atoms with E-state index in [2.05, 4.69) is 22.2 Å². The summed E-state index contributed by atoms with van der Waals surface area (Å²) in [5.41, 5.74) is -0.172. The maximum absolute atomic E-state index is 12.5. The molecule has 0 spiro atoms. The van der Waals surface area contributed by atoms with Crippen molar-refractivity contribution in [3.63, 3.8) is 0 Å². The Kier molecular flexibility index (Phi) is 4.34. The molecule has 3 rings (SSSR count). The zero-order valence-electron chi connectivity index (χ0n) is 14.0. The Morgan fingerprint density at radius 2 is 2.13 bits per heavy atom. The van der Waals surface area contributed by atoms with Gasteiger partial charge in [-0.1, -0.05) is 20.8 Å². The minimum Gasteiger partial charge on any atom is -0.423 e. The lowest BCUT2D eigenvalue weighted by Crippen LogP contribution is -2.26. The average Bonchev–Trinajstić information content (AvgIpc) is 3.20. The largest absolute Gasteiger partial charge is 0.423 e. The molecule has 0 N–H and O–H groups in total. The van der Waals surface area contributed by atoms with E-state index in [-0.39, 0.29) is 24.3 Å². The van der Waals surface area contributed by atoms with Gasteiger partial charge >= 0.3 is 5.69 Å². The Hall–Kier alpha value is -1.96. The lowest BCUT2D eigenvalue weighted by Gasteiger charge is -2.13. The number of hydrogen-bond acceptors (Lipinski definition) is 6. The van der Waals surface area contributed by atoms with Crippen molar-refractivity contribution in [2.24, 2.45) is 5.92 Å². The highest BCUT2D eigenvalue weighted by Gasteiger charge is 2.31. The second kappa shape index (κ2) is 6.27. The van der Waals surface area contributed by atoms with Gasteiger partial charge in [0.1, 0.15) is 12.6 Å². The van der Waals surface area contributed by atoms with Gasteiger partial charge in [0.25, 0.3) is 0 Å². The second-order valence-corrected chi connectivity index (χ2v) is 6.29. The van der Waals surface area contributed by atoms with Gasteiger partial charge in [-0.3, -0.25) is 4.57 Å². The molecule has 2 atom stereocenters. The molecular weight excluding hydrogens is 298 g/mol. The Labute approximate surface area is 134 Å². The second-order valence-electron chi connectivity index (χ2n) is 6.29. The molecule has 8 nitrogen and oxygen atoms in total. The van der Waals surface area contributed by atoms with Crippen LogP contribution in [0.3, 0.4) is 0 Å². The van der Waals surface area contributed by atoms with Crippen molar-refractivity contribution >= 4 is 0 Å². The lowest BCUT2D eigenvalue weighted by atomic mass is 10.0. The normalized spacial score (nSPS) is 21.4. The topological polar surface area (TPSA) is 88.0 Å². The van der Waals surface area contributed by atoms with E-state index >= 15 is 0 Å². The fourth-order valence-corrected chi connectivity index (χ4v) is 2.79. The van der Waals surface area contributed by atoms with Crippen molar-refractivity contribution in [2.45, 2.75) is 59.2 Å². The average molecular weight is 321 g/mol. The van der Waals surface area contributed by atoms with E-state index in [1.54, 1.807) is 4.57 Å². The van der Waals surface area contributed by atoms with Crippen LogP contribution in [-0.4, -0.2) is 31.2 Å². The summed E-state index contributed by atoms with van der Waals surface area (Å²) in [6, 6.07) is 0. The highest BCUT2D eigenvalue weighted by atomic mass is 16.5. The van der Waals surface area contributed by atoms with Gasteiger partial charge in [-0.2, -0.15) is 5.10 Å². The summed E-state index contributed by atoms with van der Waals surface area (Å²) in [5.74, 6) is 2.15. The third-order valence-corrected chi connectivity index (χ3v) is 4.17. The highest BCUT2D eigenvalue weighted by Crippen LogP contribution is 2.32. The summed E-state index contributed by atoms with van der Waals surface area (Å²) in [6.07, 6.45) is 0.856. The fraction of sp³-hybridized carbons (Fsp3) is 0.733. The van der Waals surface area contributed by atoms with Gasteiger partial charge in [0, 0.05) is 19.1 Å². The number of aromatic nitrogens is 5. The first-order valence-electron chi connectivity index (χ1n) is 8.12. The Morgan fingerprint density at radius 1 is 1.35 bits per heavy atom. The van der Waals surface area contributed by atoms with Crippen molar-refractivity contribution in [1.82, 2.24) is 24.5 Å². The van der Waals surface area contributed by atoms with Crippen LogP contribution in [0.4, 0.5) is 0 Å². The van der Waals surface area contributed by atoms with E-state index in [0.717, 1.165) is 6.42 Å². The van der Waals surface area contributed by atoms with Gasteiger partial charge in [-0.15, -0.1) is 10.2 Å². The lowest BCUT2D eigenvalue weighted by molar-refractivity contribution is 0.0836. The molecular formula is C15H23N5O3. The van der Waals surface area contributed by atoms with Gasteiger partial charge in [0.15, 0.2) is 5.82 Å². The smallest absolute Gasteiger partial charge is 0.346 e. The van der Waals surface area contributed by atoms with Gasteiger partial charge in [-0.05, 0) is 19.3 Å². The third kappa shape index (κ3) is 2.95. The van der Waals surface area contributed by atoms with E-state index in [1.807, 2.05) is 20.8 Å². The van der Waals surface area contributed by atoms with Gasteiger partial charge < -0.3 is 9.15 Å². The van der Waals surface area contributed by atoms with Crippen molar-refractivity contribution in [1.29, 1.82) is 0 Å². The molecule has 126 valence electrons. The van der Waals surface area contributed by atoms with Crippen LogP contribution in [-0.2, 0) is 17.8 Å². The third-order valence-electron chi connectivity index (χ3n) is 4.17. The van der Waals surface area contributed by atoms with Crippen LogP contribution in [0.25, 0.3) is 0 Å². The minimum atomic E-state index is -0.172. The molecule has 3 heterocycles. The Morgan fingerprint density at radius 3 is 2.70 bits per heavy atom. The van der Waals surface area contributed by atoms with E-state index in [4.69, 9.17) is 9.15 Å². The molecule has 0 saturated carbocycles. The fourth-order valence-electron chi connectivity index (χ4n) is 2.79. The van der Waals surface area contributed by atoms with Crippen LogP contribution in [0.2, 0.25) is 0 Å². The molecule has 1 aliphatic rings. The molecule has 0 aliphatic carbocycles. The Bertz CT molecular complexity index is 730. The number of hydrogen-bond donors (Lipinski definition) is 0. The first kappa shape index (κ1) is 15.9. The molecule has 1 saturated heterocycles. The van der Waals surface area contributed by atoms with Crippen LogP contribution in [0.15, 0.2) is 9.21 Å². The molecule has 0 bridgehead atoms. The first-order valence-corrected chi connectivity index (χ1v) is 8.12. The van der Waals surface area contributed by atoms with Crippen molar-refractivity contribution < 1.29 is 9.15 Å². The maximum atomic E-state index is 12.5. The summed E-state index contributed by atoms with van der Waals surface area (Å²) in [5, 5.41) is 12.5.